The molecule has 0 radical (unpaired) electrons. The van der Waals surface area contributed by atoms with Gasteiger partial charge in [-0.2, -0.15) is 9.49 Å². The van der Waals surface area contributed by atoms with Crippen molar-refractivity contribution in [2.24, 2.45) is 39.9 Å². The number of pyridine rings is 1. The van der Waals surface area contributed by atoms with Crippen molar-refractivity contribution in [2.75, 3.05) is 13.7 Å². The average Bonchev–Trinajstić information content (AvgIpc) is 3.41. The van der Waals surface area contributed by atoms with Crippen molar-refractivity contribution < 1.29 is 19.0 Å². The van der Waals surface area contributed by atoms with Gasteiger partial charge in [0.25, 0.3) is 0 Å². The van der Waals surface area contributed by atoms with Crippen molar-refractivity contribution in [1.82, 2.24) is 14.8 Å². The Bertz CT molecular complexity index is 1190. The molecule has 0 spiro atoms. The zero-order chi connectivity index (χ0) is 26.1. The Morgan fingerprint density at radius 3 is 2.73 bits per heavy atom. The molecule has 4 aliphatic rings. The van der Waals surface area contributed by atoms with Gasteiger partial charge in [-0.15, -0.1) is 0 Å². The van der Waals surface area contributed by atoms with Gasteiger partial charge in [0.05, 0.1) is 30.1 Å². The van der Waals surface area contributed by atoms with Crippen molar-refractivity contribution in [2.45, 2.75) is 90.2 Å². The number of ether oxygens (including phenoxy) is 1. The monoisotopic (exact) mass is 511 g/mol. The summed E-state index contributed by atoms with van der Waals surface area (Å²) in [5.41, 5.74) is 0.0672. The Kier molecular flexibility index (Phi) is 6.07. The highest BCUT2D eigenvalue weighted by atomic mass is 19.1. The lowest BCUT2D eigenvalue weighted by molar-refractivity contribution is -0.169. The first-order valence-corrected chi connectivity index (χ1v) is 14.3. The molecule has 0 aromatic carbocycles. The molecule has 2 aromatic heterocycles. The first-order valence-electron chi connectivity index (χ1n) is 14.3. The minimum atomic E-state index is -0.674. The van der Waals surface area contributed by atoms with E-state index in [2.05, 4.69) is 23.9 Å². The molecular formula is C30H42FN3O3. The van der Waals surface area contributed by atoms with E-state index in [4.69, 9.17) is 4.74 Å². The number of nitrogens with zero attached hydrogens (tertiary/aromatic N) is 3. The maximum atomic E-state index is 13.6. The van der Waals surface area contributed by atoms with E-state index in [9.17, 15) is 14.3 Å². The molecule has 0 unspecified atom stereocenters. The molecule has 4 aliphatic carbocycles. The second kappa shape index (κ2) is 8.84. The lowest BCUT2D eigenvalue weighted by Gasteiger charge is -2.62. The minimum Gasteiger partial charge on any atom is -0.387 e. The number of hydrogen-bond acceptors (Lipinski definition) is 5. The SMILES string of the molecule is COC[C@@]1(O)CC[C@@]2(C)[C@@H](CC[C@@H]3[C@@H]2CC[C@@]2(C)[C@H]3CC[C@@]2(C=O)CCn2ncc3cc(F)ncc32)C1. The Balaban J connectivity index is 1.22. The highest BCUT2D eigenvalue weighted by Gasteiger charge is 2.65. The molecule has 0 saturated heterocycles. The molecule has 2 aromatic rings. The van der Waals surface area contributed by atoms with Gasteiger partial charge >= 0.3 is 0 Å². The van der Waals surface area contributed by atoms with E-state index in [1.165, 1.54) is 31.6 Å². The summed E-state index contributed by atoms with van der Waals surface area (Å²) in [7, 11) is 1.69. The van der Waals surface area contributed by atoms with Gasteiger partial charge in [-0.3, -0.25) is 4.68 Å². The van der Waals surface area contributed by atoms with Crippen LogP contribution in [0.4, 0.5) is 4.39 Å². The molecule has 202 valence electrons. The number of methoxy groups -OCH3 is 1. The summed E-state index contributed by atoms with van der Waals surface area (Å²) in [6.07, 6.45) is 14.8. The molecular weight excluding hydrogens is 469 g/mol. The minimum absolute atomic E-state index is 0.00210. The predicted octanol–water partition coefficient (Wildman–Crippen LogP) is 5.57. The summed E-state index contributed by atoms with van der Waals surface area (Å²) < 4.78 is 20.8. The summed E-state index contributed by atoms with van der Waals surface area (Å²) in [6.45, 7) is 5.99. The maximum absolute atomic E-state index is 13.6. The van der Waals surface area contributed by atoms with E-state index >= 15 is 0 Å². The van der Waals surface area contributed by atoms with Gasteiger partial charge in [0.1, 0.15) is 6.29 Å². The Labute approximate surface area is 219 Å². The van der Waals surface area contributed by atoms with Crippen molar-refractivity contribution in [1.29, 1.82) is 0 Å². The molecule has 2 heterocycles. The fourth-order valence-corrected chi connectivity index (χ4v) is 9.99. The summed E-state index contributed by atoms with van der Waals surface area (Å²) in [5.74, 6) is 1.96. The third kappa shape index (κ3) is 3.74. The zero-order valence-electron chi connectivity index (χ0n) is 22.6. The van der Waals surface area contributed by atoms with Gasteiger partial charge in [0.2, 0.25) is 5.95 Å². The van der Waals surface area contributed by atoms with Crippen LogP contribution in [0.1, 0.15) is 78.1 Å². The molecule has 6 rings (SSSR count). The molecule has 4 saturated carbocycles. The molecule has 0 bridgehead atoms. The van der Waals surface area contributed by atoms with Crippen LogP contribution in [0.15, 0.2) is 18.5 Å². The number of aliphatic hydroxyl groups is 1. The van der Waals surface area contributed by atoms with Gasteiger partial charge in [0.15, 0.2) is 0 Å². The van der Waals surface area contributed by atoms with Crippen LogP contribution in [0, 0.1) is 45.9 Å². The van der Waals surface area contributed by atoms with Crippen LogP contribution in [0.2, 0.25) is 0 Å². The van der Waals surface area contributed by atoms with Crippen molar-refractivity contribution in [3.05, 3.63) is 24.4 Å². The maximum Gasteiger partial charge on any atom is 0.213 e. The van der Waals surface area contributed by atoms with Gasteiger partial charge in [0, 0.05) is 30.5 Å². The summed E-state index contributed by atoms with van der Waals surface area (Å²) in [5, 5.41) is 16.4. The zero-order valence-corrected chi connectivity index (χ0v) is 22.6. The van der Waals surface area contributed by atoms with E-state index in [-0.39, 0.29) is 16.2 Å². The topological polar surface area (TPSA) is 77.2 Å². The second-order valence-corrected chi connectivity index (χ2v) is 13.5. The first kappa shape index (κ1) is 25.4. The summed E-state index contributed by atoms with van der Waals surface area (Å²) in [4.78, 5) is 16.7. The fraction of sp³-hybridized carbons (Fsp3) is 0.767. The number of aryl methyl sites for hydroxylation is 1. The van der Waals surface area contributed by atoms with E-state index in [1.54, 1.807) is 19.5 Å². The number of fused-ring (bicyclic) bond motifs is 6. The number of rotatable bonds is 6. The van der Waals surface area contributed by atoms with E-state index in [0.717, 1.165) is 55.8 Å². The summed E-state index contributed by atoms with van der Waals surface area (Å²) in [6, 6.07) is 1.42. The molecule has 0 aliphatic heterocycles. The number of carbonyl (C=O) groups excluding carboxylic acids is 1. The highest BCUT2D eigenvalue weighted by molar-refractivity contribution is 5.77. The number of aromatic nitrogens is 3. The van der Waals surface area contributed by atoms with Crippen LogP contribution < -0.4 is 0 Å². The van der Waals surface area contributed by atoms with E-state index in [0.29, 0.717) is 36.8 Å². The lowest BCUT2D eigenvalue weighted by atomic mass is 9.42. The molecule has 6 nitrogen and oxygen atoms in total. The number of halogens is 1. The molecule has 1 N–H and O–H groups in total. The van der Waals surface area contributed by atoms with Crippen LogP contribution >= 0.6 is 0 Å². The van der Waals surface area contributed by atoms with Crippen LogP contribution in [0.25, 0.3) is 10.9 Å². The molecule has 8 atom stereocenters. The van der Waals surface area contributed by atoms with Gasteiger partial charge in [-0.05, 0) is 98.7 Å². The van der Waals surface area contributed by atoms with Crippen LogP contribution in [-0.4, -0.2) is 45.5 Å². The van der Waals surface area contributed by atoms with E-state index in [1.807, 2.05) is 4.68 Å². The third-order valence-corrected chi connectivity index (χ3v) is 12.2. The predicted molar refractivity (Wildman–Crippen MR) is 139 cm³/mol. The normalized spacial score (nSPS) is 43.3. The fourth-order valence-electron chi connectivity index (χ4n) is 9.99. The number of hydrogen-bond donors (Lipinski definition) is 1. The Morgan fingerprint density at radius 2 is 1.95 bits per heavy atom. The smallest absolute Gasteiger partial charge is 0.213 e. The Hall–Kier alpha value is -1.86. The molecule has 37 heavy (non-hydrogen) atoms. The van der Waals surface area contributed by atoms with Gasteiger partial charge in [-0.1, -0.05) is 13.8 Å². The second-order valence-electron chi connectivity index (χ2n) is 13.5. The first-order chi connectivity index (χ1) is 17.7. The van der Waals surface area contributed by atoms with Crippen LogP contribution in [0.5, 0.6) is 0 Å². The van der Waals surface area contributed by atoms with Crippen molar-refractivity contribution in [3.8, 4) is 0 Å². The van der Waals surface area contributed by atoms with Crippen LogP contribution in [0.3, 0.4) is 0 Å². The average molecular weight is 512 g/mol. The summed E-state index contributed by atoms with van der Waals surface area (Å²) >= 11 is 0. The Morgan fingerprint density at radius 1 is 1.14 bits per heavy atom. The van der Waals surface area contributed by atoms with E-state index < -0.39 is 11.5 Å². The molecule has 0 amide bonds. The highest BCUT2D eigenvalue weighted by Crippen LogP contribution is 2.71. The van der Waals surface area contributed by atoms with Crippen molar-refractivity contribution in [3.63, 3.8) is 0 Å². The van der Waals surface area contributed by atoms with Crippen LogP contribution in [-0.2, 0) is 16.1 Å². The molecule has 7 heteroatoms. The van der Waals surface area contributed by atoms with Gasteiger partial charge < -0.3 is 14.6 Å². The standard InChI is InChI=1S/C30H42FN3O3/c1-27-10-11-30(36,19-37-3)15-21(27)4-5-22-23(27)6-8-28(2)24(22)7-9-29(28,18-35)12-13-34-25-17-32-26(31)14-20(25)16-33-34/h14,16-18,21-24,36H,4-13,15,19H2,1-3H3/t21-,22+,23-,24-,27-,28-,29-,30+/m0/s1. The largest absolute Gasteiger partial charge is 0.387 e. The lowest BCUT2D eigenvalue weighted by Crippen LogP contribution is -2.57. The number of carbonyl (C=O) groups is 1. The number of aldehydes is 1. The van der Waals surface area contributed by atoms with Crippen molar-refractivity contribution >= 4 is 17.2 Å². The quantitative estimate of drug-likeness (QED) is 0.406. The molecule has 4 fully saturated rings. The third-order valence-electron chi connectivity index (χ3n) is 12.2. The van der Waals surface area contributed by atoms with Gasteiger partial charge in [-0.25, -0.2) is 4.98 Å².